The summed E-state index contributed by atoms with van der Waals surface area (Å²) in [5, 5.41) is 0. The van der Waals surface area contributed by atoms with Crippen molar-refractivity contribution in [3.63, 3.8) is 0 Å². The molecule has 1 saturated heterocycles. The molecule has 0 saturated carbocycles. The number of ether oxygens (including phenoxy) is 1. The number of benzene rings is 1. The van der Waals surface area contributed by atoms with E-state index < -0.39 is 0 Å². The van der Waals surface area contributed by atoms with Gasteiger partial charge in [0, 0.05) is 18.6 Å². The molecule has 0 spiro atoms. The van der Waals surface area contributed by atoms with Crippen LogP contribution in [-0.2, 0) is 6.42 Å². The van der Waals surface area contributed by atoms with Crippen molar-refractivity contribution in [1.29, 1.82) is 0 Å². The van der Waals surface area contributed by atoms with Gasteiger partial charge in [-0.2, -0.15) is 0 Å². The third-order valence-electron chi connectivity index (χ3n) is 5.47. The molecule has 0 amide bonds. The van der Waals surface area contributed by atoms with Crippen LogP contribution in [0, 0.1) is 11.3 Å². The molecule has 1 aliphatic heterocycles. The van der Waals surface area contributed by atoms with Gasteiger partial charge in [-0.25, -0.2) is 0 Å². The van der Waals surface area contributed by atoms with Crippen LogP contribution in [0.4, 0.5) is 0 Å². The lowest BCUT2D eigenvalue weighted by Crippen LogP contribution is -2.40. The summed E-state index contributed by atoms with van der Waals surface area (Å²) in [5.74, 6) is 1.70. The smallest absolute Gasteiger partial charge is 0.119 e. The monoisotopic (exact) mass is 288 g/mol. The maximum Gasteiger partial charge on any atom is 0.119 e. The fourth-order valence-electron chi connectivity index (χ4n) is 3.91. The summed E-state index contributed by atoms with van der Waals surface area (Å²) in [6, 6.07) is 6.94. The molecular weight excluding hydrogens is 260 g/mol. The highest BCUT2D eigenvalue weighted by Crippen LogP contribution is 2.40. The van der Waals surface area contributed by atoms with Crippen molar-refractivity contribution in [1.82, 2.24) is 4.90 Å². The Hall–Kier alpha value is -1.06. The number of hydrogen-bond acceptors (Lipinski definition) is 3. The molecule has 0 aromatic heterocycles. The first-order chi connectivity index (χ1) is 9.90. The minimum Gasteiger partial charge on any atom is -0.497 e. The Bertz CT molecular complexity index is 520. The van der Waals surface area contributed by atoms with Crippen LogP contribution in [0.15, 0.2) is 18.2 Å². The van der Waals surface area contributed by atoms with Gasteiger partial charge in [0.25, 0.3) is 0 Å². The van der Waals surface area contributed by atoms with Crippen molar-refractivity contribution in [3.05, 3.63) is 29.3 Å². The molecule has 3 atom stereocenters. The standard InChI is InChI=1S/C18H28N2O/c1-18(2,3)13-7-8-20(11-13)16-9-12-5-6-14(21-4)10-15(12)17(16)19/h5-6,10,13,16-17H,7-9,11,19H2,1-4H3. The summed E-state index contributed by atoms with van der Waals surface area (Å²) < 4.78 is 5.34. The Kier molecular flexibility index (Phi) is 3.74. The number of nitrogens with two attached hydrogens (primary N) is 1. The molecule has 3 heteroatoms. The zero-order valence-electron chi connectivity index (χ0n) is 13.7. The van der Waals surface area contributed by atoms with E-state index >= 15 is 0 Å². The zero-order chi connectivity index (χ0) is 15.2. The molecule has 3 rings (SSSR count). The van der Waals surface area contributed by atoms with E-state index in [0.29, 0.717) is 11.5 Å². The minimum absolute atomic E-state index is 0.119. The van der Waals surface area contributed by atoms with Crippen molar-refractivity contribution < 1.29 is 4.74 Å². The lowest BCUT2D eigenvalue weighted by molar-refractivity contribution is 0.183. The maximum absolute atomic E-state index is 6.55. The first-order valence-electron chi connectivity index (χ1n) is 8.06. The average molecular weight is 288 g/mol. The Morgan fingerprint density at radius 1 is 1.29 bits per heavy atom. The molecule has 1 aromatic carbocycles. The summed E-state index contributed by atoms with van der Waals surface area (Å²) >= 11 is 0. The van der Waals surface area contributed by atoms with E-state index in [0.717, 1.165) is 18.1 Å². The van der Waals surface area contributed by atoms with Crippen LogP contribution < -0.4 is 10.5 Å². The third kappa shape index (κ3) is 2.69. The van der Waals surface area contributed by atoms with Crippen LogP contribution in [0.2, 0.25) is 0 Å². The molecule has 1 heterocycles. The molecule has 2 N–H and O–H groups in total. The molecular formula is C18H28N2O. The third-order valence-corrected chi connectivity index (χ3v) is 5.47. The molecule has 0 bridgehead atoms. The first-order valence-corrected chi connectivity index (χ1v) is 8.06. The number of rotatable bonds is 2. The number of likely N-dealkylation sites (tertiary alicyclic amines) is 1. The van der Waals surface area contributed by atoms with Crippen molar-refractivity contribution in [2.75, 3.05) is 20.2 Å². The van der Waals surface area contributed by atoms with Crippen LogP contribution in [0.25, 0.3) is 0 Å². The van der Waals surface area contributed by atoms with Gasteiger partial charge in [-0.15, -0.1) is 0 Å². The van der Waals surface area contributed by atoms with Crippen LogP contribution in [0.1, 0.15) is 44.4 Å². The molecule has 3 nitrogen and oxygen atoms in total. The zero-order valence-corrected chi connectivity index (χ0v) is 13.7. The molecule has 2 aliphatic rings. The normalized spacial score (nSPS) is 29.7. The molecule has 0 radical (unpaired) electrons. The second kappa shape index (κ2) is 5.29. The van der Waals surface area contributed by atoms with Crippen LogP contribution in [0.5, 0.6) is 5.75 Å². The van der Waals surface area contributed by atoms with E-state index in [1.807, 2.05) is 0 Å². The molecule has 1 aromatic rings. The van der Waals surface area contributed by atoms with E-state index in [-0.39, 0.29) is 6.04 Å². The average Bonchev–Trinajstić information content (AvgIpc) is 3.03. The lowest BCUT2D eigenvalue weighted by atomic mass is 9.80. The van der Waals surface area contributed by atoms with Crippen molar-refractivity contribution in [2.24, 2.45) is 17.1 Å². The fourth-order valence-corrected chi connectivity index (χ4v) is 3.91. The van der Waals surface area contributed by atoms with Gasteiger partial charge < -0.3 is 10.5 Å². The molecule has 1 fully saturated rings. The van der Waals surface area contributed by atoms with E-state index in [1.54, 1.807) is 7.11 Å². The topological polar surface area (TPSA) is 38.5 Å². The van der Waals surface area contributed by atoms with E-state index in [1.165, 1.54) is 30.6 Å². The van der Waals surface area contributed by atoms with Gasteiger partial charge in [0.1, 0.15) is 5.75 Å². The van der Waals surface area contributed by atoms with Gasteiger partial charge in [-0.05, 0) is 54.0 Å². The van der Waals surface area contributed by atoms with Crippen LogP contribution in [0.3, 0.4) is 0 Å². The van der Waals surface area contributed by atoms with E-state index in [4.69, 9.17) is 10.5 Å². The van der Waals surface area contributed by atoms with Crippen LogP contribution in [-0.4, -0.2) is 31.1 Å². The number of hydrogen-bond donors (Lipinski definition) is 1. The second-order valence-electron chi connectivity index (χ2n) is 7.71. The summed E-state index contributed by atoms with van der Waals surface area (Å²) in [6.07, 6.45) is 2.38. The highest BCUT2D eigenvalue weighted by molar-refractivity contribution is 5.42. The molecule has 1 aliphatic carbocycles. The van der Waals surface area contributed by atoms with Crippen LogP contribution >= 0.6 is 0 Å². The predicted octanol–water partition coefficient (Wildman–Crippen LogP) is 2.99. The number of nitrogens with zero attached hydrogens (tertiary/aromatic N) is 1. The highest BCUT2D eigenvalue weighted by Gasteiger charge is 2.40. The Labute approximate surface area is 128 Å². The number of fused-ring (bicyclic) bond motifs is 1. The summed E-state index contributed by atoms with van der Waals surface area (Å²) in [4.78, 5) is 2.62. The second-order valence-corrected chi connectivity index (χ2v) is 7.71. The molecule has 3 unspecified atom stereocenters. The molecule has 21 heavy (non-hydrogen) atoms. The SMILES string of the molecule is COc1ccc2c(c1)C(N)C(N1CCC(C(C)(C)C)C1)C2. The van der Waals surface area contributed by atoms with Gasteiger partial charge in [0.05, 0.1) is 7.11 Å². The highest BCUT2D eigenvalue weighted by atomic mass is 16.5. The number of methoxy groups -OCH3 is 1. The van der Waals surface area contributed by atoms with Gasteiger partial charge >= 0.3 is 0 Å². The van der Waals surface area contributed by atoms with Crippen molar-refractivity contribution in [3.8, 4) is 5.75 Å². The Morgan fingerprint density at radius 3 is 2.67 bits per heavy atom. The summed E-state index contributed by atoms with van der Waals surface area (Å²) in [7, 11) is 1.72. The summed E-state index contributed by atoms with van der Waals surface area (Å²) in [5.41, 5.74) is 9.62. The van der Waals surface area contributed by atoms with Gasteiger partial charge in [0.2, 0.25) is 0 Å². The first kappa shape index (κ1) is 14.9. The van der Waals surface area contributed by atoms with E-state index in [9.17, 15) is 0 Å². The Morgan fingerprint density at radius 2 is 2.05 bits per heavy atom. The molecule has 116 valence electrons. The van der Waals surface area contributed by atoms with Crippen molar-refractivity contribution >= 4 is 0 Å². The maximum atomic E-state index is 6.55. The largest absolute Gasteiger partial charge is 0.497 e. The Balaban J connectivity index is 1.75. The summed E-state index contributed by atoms with van der Waals surface area (Å²) in [6.45, 7) is 9.44. The van der Waals surface area contributed by atoms with Gasteiger partial charge in [-0.1, -0.05) is 26.8 Å². The lowest BCUT2D eigenvalue weighted by Gasteiger charge is -2.31. The fraction of sp³-hybridized carbons (Fsp3) is 0.667. The predicted molar refractivity (Wildman–Crippen MR) is 86.5 cm³/mol. The van der Waals surface area contributed by atoms with Gasteiger partial charge in [-0.3, -0.25) is 4.90 Å². The minimum atomic E-state index is 0.119. The van der Waals surface area contributed by atoms with Gasteiger partial charge in [0.15, 0.2) is 0 Å². The quantitative estimate of drug-likeness (QED) is 0.909. The van der Waals surface area contributed by atoms with Crippen molar-refractivity contribution in [2.45, 2.75) is 45.7 Å². The van der Waals surface area contributed by atoms with E-state index in [2.05, 4.69) is 43.9 Å².